The molecule has 3 aromatic rings. The number of benzene rings is 3. The Balaban J connectivity index is 2.15. The molecule has 3 rings (SSSR count). The van der Waals surface area contributed by atoms with Crippen LogP contribution in [0.1, 0.15) is 39.5 Å². The molecule has 0 amide bonds. The number of carbonyl (C=O) groups is 1. The van der Waals surface area contributed by atoms with Gasteiger partial charge in [-0.1, -0.05) is 42.5 Å². The lowest BCUT2D eigenvalue weighted by atomic mass is 10.0. The number of hydrogen-bond acceptors (Lipinski definition) is 3. The van der Waals surface area contributed by atoms with Crippen molar-refractivity contribution in [3.8, 4) is 0 Å². The second-order valence-corrected chi connectivity index (χ2v) is 7.42. The topological polar surface area (TPSA) is 29.5 Å². The normalized spacial score (nSPS) is 11.2. The van der Waals surface area contributed by atoms with Gasteiger partial charge in [0.05, 0.1) is 17.7 Å². The highest BCUT2D eigenvalue weighted by Gasteiger charge is 2.31. The number of esters is 1. The lowest BCUT2D eigenvalue weighted by molar-refractivity contribution is -0.137. The summed E-state index contributed by atoms with van der Waals surface area (Å²) in [6.07, 6.45) is -4.44. The van der Waals surface area contributed by atoms with Crippen LogP contribution in [0, 0.1) is 13.8 Å². The van der Waals surface area contributed by atoms with E-state index in [1.165, 1.54) is 6.07 Å². The minimum atomic E-state index is -4.44. The van der Waals surface area contributed by atoms with Crippen LogP contribution in [0.4, 0.5) is 24.5 Å². The highest BCUT2D eigenvalue weighted by atomic mass is 19.4. The van der Waals surface area contributed by atoms with Crippen LogP contribution in [0.25, 0.3) is 5.70 Å². The van der Waals surface area contributed by atoms with E-state index in [0.717, 1.165) is 23.3 Å². The maximum absolute atomic E-state index is 13.2. The van der Waals surface area contributed by atoms with Crippen molar-refractivity contribution >= 4 is 23.0 Å². The molecule has 0 unspecified atom stereocenters. The molecular weight excluding hydrogens is 415 g/mol. The molecule has 0 aliphatic carbocycles. The van der Waals surface area contributed by atoms with Gasteiger partial charge < -0.3 is 9.64 Å². The average molecular weight is 439 g/mol. The first kappa shape index (κ1) is 23.1. The van der Waals surface area contributed by atoms with E-state index in [0.29, 0.717) is 28.2 Å². The fourth-order valence-electron chi connectivity index (χ4n) is 3.38. The summed E-state index contributed by atoms with van der Waals surface area (Å²) < 4.78 is 44.7. The predicted molar refractivity (Wildman–Crippen MR) is 121 cm³/mol. The molecule has 0 radical (unpaired) electrons. The first-order valence-electron chi connectivity index (χ1n) is 10.1. The Morgan fingerprint density at radius 2 is 1.66 bits per heavy atom. The van der Waals surface area contributed by atoms with Crippen molar-refractivity contribution in [2.75, 3.05) is 11.5 Å². The van der Waals surface area contributed by atoms with E-state index in [9.17, 15) is 18.0 Å². The van der Waals surface area contributed by atoms with Gasteiger partial charge in [0.15, 0.2) is 0 Å². The Hall–Kier alpha value is -3.54. The summed E-state index contributed by atoms with van der Waals surface area (Å²) in [5.41, 5.74) is 3.60. The highest BCUT2D eigenvalue weighted by Crippen LogP contribution is 2.39. The van der Waals surface area contributed by atoms with E-state index < -0.39 is 17.7 Å². The minimum absolute atomic E-state index is 0.237. The van der Waals surface area contributed by atoms with Gasteiger partial charge in [0.25, 0.3) is 0 Å². The molecule has 0 heterocycles. The number of anilines is 2. The summed E-state index contributed by atoms with van der Waals surface area (Å²) in [6, 6.07) is 18.0. The van der Waals surface area contributed by atoms with Gasteiger partial charge in [-0.05, 0) is 68.3 Å². The van der Waals surface area contributed by atoms with Crippen LogP contribution in [-0.4, -0.2) is 12.6 Å². The summed E-state index contributed by atoms with van der Waals surface area (Å²) in [5.74, 6) is -0.473. The number of carbonyl (C=O) groups excluding carboxylic acids is 1. The van der Waals surface area contributed by atoms with Gasteiger partial charge in [0.1, 0.15) is 0 Å². The standard InChI is InChI=1S/C26H24F3NO2/c1-5-32-25(31)21-7-6-8-23(16-21)30(19(4)20-11-9-17(2)10-12-20)24-14-13-22(15-18(24)3)26(27,28)29/h6-16H,4-5H2,1-3H3. The molecule has 32 heavy (non-hydrogen) atoms. The monoisotopic (exact) mass is 439 g/mol. The largest absolute Gasteiger partial charge is 0.462 e. The van der Waals surface area contributed by atoms with E-state index in [2.05, 4.69) is 6.58 Å². The van der Waals surface area contributed by atoms with Crippen LogP contribution in [0.15, 0.2) is 73.3 Å². The van der Waals surface area contributed by atoms with E-state index in [1.54, 1.807) is 43.0 Å². The summed E-state index contributed by atoms with van der Waals surface area (Å²) >= 11 is 0. The zero-order valence-corrected chi connectivity index (χ0v) is 18.2. The highest BCUT2D eigenvalue weighted by molar-refractivity contribution is 5.93. The molecular formula is C26H24F3NO2. The molecule has 0 N–H and O–H groups in total. The SMILES string of the molecule is C=C(c1ccc(C)cc1)N(c1cccc(C(=O)OCC)c1)c1ccc(C(F)(F)F)cc1C. The van der Waals surface area contributed by atoms with E-state index in [4.69, 9.17) is 4.74 Å². The van der Waals surface area contributed by atoms with Crippen molar-refractivity contribution in [2.45, 2.75) is 26.9 Å². The van der Waals surface area contributed by atoms with Gasteiger partial charge >= 0.3 is 12.1 Å². The third-order valence-corrected chi connectivity index (χ3v) is 5.04. The molecule has 0 saturated carbocycles. The molecule has 0 spiro atoms. The maximum Gasteiger partial charge on any atom is 0.416 e. The molecule has 166 valence electrons. The second kappa shape index (κ2) is 9.30. The number of nitrogens with zero attached hydrogens (tertiary/aromatic N) is 1. The van der Waals surface area contributed by atoms with Crippen LogP contribution in [0.2, 0.25) is 0 Å². The smallest absolute Gasteiger partial charge is 0.416 e. The molecule has 3 nitrogen and oxygen atoms in total. The quantitative estimate of drug-likeness (QED) is 0.377. The second-order valence-electron chi connectivity index (χ2n) is 7.42. The molecule has 0 bridgehead atoms. The Bertz CT molecular complexity index is 1130. The molecule has 3 aromatic carbocycles. The van der Waals surface area contributed by atoms with Crippen LogP contribution >= 0.6 is 0 Å². The van der Waals surface area contributed by atoms with Crippen molar-refractivity contribution < 1.29 is 22.7 Å². The first-order chi connectivity index (χ1) is 15.1. The van der Waals surface area contributed by atoms with Gasteiger partial charge in [-0.3, -0.25) is 0 Å². The van der Waals surface area contributed by atoms with Crippen LogP contribution in [0.3, 0.4) is 0 Å². The van der Waals surface area contributed by atoms with Gasteiger partial charge in [-0.2, -0.15) is 13.2 Å². The van der Waals surface area contributed by atoms with Crippen molar-refractivity contribution in [1.82, 2.24) is 0 Å². The molecule has 0 aromatic heterocycles. The van der Waals surface area contributed by atoms with Crippen molar-refractivity contribution in [3.63, 3.8) is 0 Å². The van der Waals surface area contributed by atoms with E-state index in [-0.39, 0.29) is 6.61 Å². The molecule has 0 atom stereocenters. The Morgan fingerprint density at radius 1 is 0.969 bits per heavy atom. The zero-order chi connectivity index (χ0) is 23.5. The van der Waals surface area contributed by atoms with Gasteiger partial charge in [0, 0.05) is 17.1 Å². The molecule has 0 fully saturated rings. The van der Waals surface area contributed by atoms with Crippen LogP contribution in [-0.2, 0) is 10.9 Å². The Morgan fingerprint density at radius 3 is 2.25 bits per heavy atom. The molecule has 0 aliphatic heterocycles. The molecule has 0 saturated heterocycles. The number of hydrogen-bond donors (Lipinski definition) is 0. The number of halogens is 3. The summed E-state index contributed by atoms with van der Waals surface area (Å²) in [6.45, 7) is 9.76. The lowest BCUT2D eigenvalue weighted by Crippen LogP contribution is -2.17. The third kappa shape index (κ3) is 5.02. The maximum atomic E-state index is 13.2. The fraction of sp³-hybridized carbons (Fsp3) is 0.192. The van der Waals surface area contributed by atoms with Crippen molar-refractivity contribution in [1.29, 1.82) is 0 Å². The summed E-state index contributed by atoms with van der Waals surface area (Å²) in [7, 11) is 0. The number of alkyl halides is 3. The minimum Gasteiger partial charge on any atom is -0.462 e. The third-order valence-electron chi connectivity index (χ3n) is 5.04. The molecule has 0 aliphatic rings. The van der Waals surface area contributed by atoms with Gasteiger partial charge in [0.2, 0.25) is 0 Å². The molecule has 6 heteroatoms. The first-order valence-corrected chi connectivity index (χ1v) is 10.1. The Labute approximate surface area is 185 Å². The van der Waals surface area contributed by atoms with E-state index in [1.807, 2.05) is 31.2 Å². The summed E-state index contributed by atoms with van der Waals surface area (Å²) in [4.78, 5) is 14.0. The number of rotatable bonds is 6. The summed E-state index contributed by atoms with van der Waals surface area (Å²) in [5, 5.41) is 0. The number of ether oxygens (including phenoxy) is 1. The Kier molecular flexibility index (Phi) is 6.72. The van der Waals surface area contributed by atoms with Crippen molar-refractivity contribution in [2.24, 2.45) is 0 Å². The number of aryl methyl sites for hydroxylation is 2. The lowest BCUT2D eigenvalue weighted by Gasteiger charge is -2.29. The van der Waals surface area contributed by atoms with Crippen LogP contribution in [0.5, 0.6) is 0 Å². The fourth-order valence-corrected chi connectivity index (χ4v) is 3.38. The van der Waals surface area contributed by atoms with Crippen molar-refractivity contribution in [3.05, 3.63) is 101 Å². The zero-order valence-electron chi connectivity index (χ0n) is 18.2. The van der Waals surface area contributed by atoms with Gasteiger partial charge in [-0.25, -0.2) is 4.79 Å². The van der Waals surface area contributed by atoms with E-state index >= 15 is 0 Å². The van der Waals surface area contributed by atoms with Crippen LogP contribution < -0.4 is 4.90 Å². The predicted octanol–water partition coefficient (Wildman–Crippen LogP) is 7.31. The average Bonchev–Trinajstić information content (AvgIpc) is 2.75. The van der Waals surface area contributed by atoms with Gasteiger partial charge in [-0.15, -0.1) is 0 Å².